The zero-order chi connectivity index (χ0) is 15.2. The number of rotatable bonds is 6. The van der Waals surface area contributed by atoms with Crippen LogP contribution in [0.25, 0.3) is 0 Å². The van der Waals surface area contributed by atoms with E-state index in [9.17, 15) is 5.11 Å². The lowest BCUT2D eigenvalue weighted by molar-refractivity contribution is 0.0970. The van der Waals surface area contributed by atoms with Crippen LogP contribution in [0.1, 0.15) is 18.9 Å². The van der Waals surface area contributed by atoms with Crippen molar-refractivity contribution in [3.8, 4) is 0 Å². The molecule has 1 aliphatic heterocycles. The molecule has 1 aromatic carbocycles. The van der Waals surface area contributed by atoms with Crippen LogP contribution in [0.2, 0.25) is 5.02 Å². The Morgan fingerprint density at radius 2 is 2.29 bits per heavy atom. The van der Waals surface area contributed by atoms with Gasteiger partial charge in [0.25, 0.3) is 0 Å². The molecule has 5 heteroatoms. The van der Waals surface area contributed by atoms with Crippen LogP contribution in [-0.2, 0) is 11.3 Å². The molecule has 1 heterocycles. The number of hydrogen-bond acceptors (Lipinski definition) is 4. The fraction of sp³-hybridized carbons (Fsp3) is 0.625. The molecule has 0 aliphatic carbocycles. The first-order valence-corrected chi connectivity index (χ1v) is 7.91. The third-order valence-electron chi connectivity index (χ3n) is 4.08. The van der Waals surface area contributed by atoms with Gasteiger partial charge in [-0.1, -0.05) is 24.6 Å². The van der Waals surface area contributed by atoms with Crippen molar-refractivity contribution in [3.63, 3.8) is 0 Å². The van der Waals surface area contributed by atoms with E-state index in [-0.39, 0.29) is 12.0 Å². The second kappa shape index (κ2) is 7.99. The maximum Gasteiger partial charge on any atom is 0.0599 e. The lowest BCUT2D eigenvalue weighted by atomic mass is 9.95. The highest BCUT2D eigenvalue weighted by Gasteiger charge is 2.25. The summed E-state index contributed by atoms with van der Waals surface area (Å²) in [6.07, 6.45) is 0.619. The van der Waals surface area contributed by atoms with Gasteiger partial charge < -0.3 is 20.1 Å². The van der Waals surface area contributed by atoms with Crippen molar-refractivity contribution < 1.29 is 9.84 Å². The van der Waals surface area contributed by atoms with Gasteiger partial charge >= 0.3 is 0 Å². The van der Waals surface area contributed by atoms with E-state index in [1.54, 1.807) is 7.11 Å². The number of aliphatic hydroxyl groups is 1. The monoisotopic (exact) mass is 312 g/mol. The number of aliphatic hydroxyl groups excluding tert-OH is 1. The van der Waals surface area contributed by atoms with E-state index in [2.05, 4.69) is 23.2 Å². The van der Waals surface area contributed by atoms with Gasteiger partial charge in [0, 0.05) is 49.6 Å². The number of anilines is 1. The predicted molar refractivity (Wildman–Crippen MR) is 87.0 cm³/mol. The summed E-state index contributed by atoms with van der Waals surface area (Å²) in [5.74, 6) is 0.284. The van der Waals surface area contributed by atoms with Crippen molar-refractivity contribution in [3.05, 3.63) is 28.8 Å². The van der Waals surface area contributed by atoms with Gasteiger partial charge in [-0.05, 0) is 24.5 Å². The van der Waals surface area contributed by atoms with Crippen LogP contribution < -0.4 is 10.2 Å². The third-order valence-corrected chi connectivity index (χ3v) is 4.43. The molecule has 2 rings (SSSR count). The van der Waals surface area contributed by atoms with Crippen LogP contribution in [0.15, 0.2) is 18.2 Å². The average molecular weight is 313 g/mol. The smallest absolute Gasteiger partial charge is 0.0599 e. The van der Waals surface area contributed by atoms with Gasteiger partial charge in [0.1, 0.15) is 0 Å². The molecule has 0 radical (unpaired) electrons. The van der Waals surface area contributed by atoms with Gasteiger partial charge in [-0.2, -0.15) is 0 Å². The van der Waals surface area contributed by atoms with Crippen molar-refractivity contribution in [2.24, 2.45) is 5.92 Å². The minimum atomic E-state index is -0.191. The third kappa shape index (κ3) is 4.33. The highest BCUT2D eigenvalue weighted by Crippen LogP contribution is 2.30. The molecule has 1 fully saturated rings. The number of halogens is 1. The minimum absolute atomic E-state index is 0.191. The predicted octanol–water partition coefficient (Wildman–Crippen LogP) is 2.28. The molecule has 0 aromatic heterocycles. The number of benzene rings is 1. The Morgan fingerprint density at radius 1 is 1.48 bits per heavy atom. The van der Waals surface area contributed by atoms with E-state index >= 15 is 0 Å². The minimum Gasteiger partial charge on any atom is -0.393 e. The van der Waals surface area contributed by atoms with Gasteiger partial charge in [0.15, 0.2) is 0 Å². The van der Waals surface area contributed by atoms with E-state index in [1.165, 1.54) is 5.69 Å². The van der Waals surface area contributed by atoms with Gasteiger partial charge in [-0.25, -0.2) is 0 Å². The van der Waals surface area contributed by atoms with Gasteiger partial charge in [-0.15, -0.1) is 0 Å². The molecule has 21 heavy (non-hydrogen) atoms. The first-order chi connectivity index (χ1) is 10.1. The summed E-state index contributed by atoms with van der Waals surface area (Å²) < 4.78 is 5.05. The Morgan fingerprint density at radius 3 is 3.00 bits per heavy atom. The molecule has 0 spiro atoms. The molecule has 118 valence electrons. The number of ether oxygens (including phenoxy) is 1. The molecule has 1 aliphatic rings. The normalized spacial score (nSPS) is 22.6. The van der Waals surface area contributed by atoms with Crippen LogP contribution in [0.3, 0.4) is 0 Å². The largest absolute Gasteiger partial charge is 0.393 e. The molecule has 0 bridgehead atoms. The maximum absolute atomic E-state index is 9.89. The average Bonchev–Trinajstić information content (AvgIpc) is 2.48. The number of nitrogens with one attached hydrogen (secondary N) is 1. The Balaban J connectivity index is 2.09. The lowest BCUT2D eigenvalue weighted by Gasteiger charge is -2.37. The zero-order valence-electron chi connectivity index (χ0n) is 12.8. The fourth-order valence-corrected chi connectivity index (χ4v) is 2.99. The zero-order valence-corrected chi connectivity index (χ0v) is 13.6. The van der Waals surface area contributed by atoms with Crippen molar-refractivity contribution in [1.29, 1.82) is 0 Å². The first-order valence-electron chi connectivity index (χ1n) is 7.53. The van der Waals surface area contributed by atoms with E-state index in [1.807, 2.05) is 12.1 Å². The standard InChI is InChI=1S/C16H25ClN2O2/c1-12-11-19(8-6-16(12)20)15-5-3-4-14(17)13(15)10-18-7-9-21-2/h3-5,12,16,18,20H,6-11H2,1-2H3. The van der Waals surface area contributed by atoms with Crippen molar-refractivity contribution in [2.45, 2.75) is 26.0 Å². The Labute approximate surface area is 132 Å². The number of methoxy groups -OCH3 is 1. The fourth-order valence-electron chi connectivity index (χ4n) is 2.76. The van der Waals surface area contributed by atoms with Gasteiger partial charge in [0.2, 0.25) is 0 Å². The summed E-state index contributed by atoms with van der Waals surface area (Å²) in [5.41, 5.74) is 2.30. The Bertz CT molecular complexity index is 456. The van der Waals surface area contributed by atoms with Crippen LogP contribution in [0, 0.1) is 5.92 Å². The second-order valence-electron chi connectivity index (χ2n) is 5.69. The molecule has 2 atom stereocenters. The maximum atomic E-state index is 9.89. The molecule has 0 amide bonds. The summed E-state index contributed by atoms with van der Waals surface area (Å²) in [6.45, 7) is 6.05. The number of hydrogen-bond donors (Lipinski definition) is 2. The quantitative estimate of drug-likeness (QED) is 0.791. The second-order valence-corrected chi connectivity index (χ2v) is 6.09. The number of nitrogens with zero attached hydrogens (tertiary/aromatic N) is 1. The highest BCUT2D eigenvalue weighted by molar-refractivity contribution is 6.31. The molecule has 2 unspecified atom stereocenters. The van der Waals surface area contributed by atoms with Crippen molar-refractivity contribution in [1.82, 2.24) is 5.32 Å². The van der Waals surface area contributed by atoms with Crippen molar-refractivity contribution >= 4 is 17.3 Å². The van der Waals surface area contributed by atoms with Gasteiger partial charge in [-0.3, -0.25) is 0 Å². The first kappa shape index (κ1) is 16.6. The summed E-state index contributed by atoms with van der Waals surface area (Å²) in [5, 5.41) is 14.0. The summed E-state index contributed by atoms with van der Waals surface area (Å²) in [4.78, 5) is 2.33. The summed E-state index contributed by atoms with van der Waals surface area (Å²) in [7, 11) is 1.70. The Hall–Kier alpha value is -0.810. The molecular weight excluding hydrogens is 288 g/mol. The highest BCUT2D eigenvalue weighted by atomic mass is 35.5. The van der Waals surface area contributed by atoms with Crippen LogP contribution in [-0.4, -0.2) is 44.6 Å². The van der Waals surface area contributed by atoms with E-state index in [0.717, 1.165) is 43.2 Å². The number of piperidine rings is 1. The molecule has 0 saturated carbocycles. The summed E-state index contributed by atoms with van der Waals surface area (Å²) in [6, 6.07) is 6.04. The lowest BCUT2D eigenvalue weighted by Crippen LogP contribution is -2.42. The molecule has 1 saturated heterocycles. The topological polar surface area (TPSA) is 44.7 Å². The van der Waals surface area contributed by atoms with E-state index in [0.29, 0.717) is 6.61 Å². The summed E-state index contributed by atoms with van der Waals surface area (Å²) >= 11 is 6.38. The molecular formula is C16H25ClN2O2. The molecule has 4 nitrogen and oxygen atoms in total. The van der Waals surface area contributed by atoms with E-state index < -0.39 is 0 Å². The van der Waals surface area contributed by atoms with Crippen molar-refractivity contribution in [2.75, 3.05) is 38.3 Å². The van der Waals surface area contributed by atoms with Crippen LogP contribution in [0.4, 0.5) is 5.69 Å². The molecule has 2 N–H and O–H groups in total. The van der Waals surface area contributed by atoms with Gasteiger partial charge in [0.05, 0.1) is 12.7 Å². The Kier molecular flexibility index (Phi) is 6.30. The van der Waals surface area contributed by atoms with E-state index in [4.69, 9.17) is 16.3 Å². The SMILES string of the molecule is COCCNCc1c(Cl)cccc1N1CCC(O)C(C)C1. The molecule has 1 aromatic rings. The van der Waals surface area contributed by atoms with Crippen LogP contribution >= 0.6 is 11.6 Å². The van der Waals surface area contributed by atoms with Crippen LogP contribution in [0.5, 0.6) is 0 Å².